The molecule has 0 spiro atoms. The summed E-state index contributed by atoms with van der Waals surface area (Å²) < 4.78 is 32.6. The Labute approximate surface area is 172 Å². The van der Waals surface area contributed by atoms with Gasteiger partial charge in [-0.2, -0.15) is 13.2 Å². The van der Waals surface area contributed by atoms with Gasteiger partial charge in [-0.25, -0.2) is 4.79 Å². The molecule has 3 rings (SSSR count). The molecular weight excluding hydrogens is 431 g/mol. The summed E-state index contributed by atoms with van der Waals surface area (Å²) in [6.45, 7) is 3.85. The number of nitrogens with zero attached hydrogens (tertiary/aromatic N) is 3. The van der Waals surface area contributed by atoms with Crippen LogP contribution < -0.4 is 15.5 Å². The molecule has 1 aliphatic heterocycles. The van der Waals surface area contributed by atoms with Gasteiger partial charge in [0, 0.05) is 31.9 Å². The van der Waals surface area contributed by atoms with Crippen LogP contribution >= 0.6 is 23.1 Å². The highest BCUT2D eigenvalue weighted by Crippen LogP contribution is 2.28. The van der Waals surface area contributed by atoms with Crippen LogP contribution in [-0.2, 0) is 9.59 Å². The minimum absolute atomic E-state index is 0.0323. The number of piperazine rings is 1. The standard InChI is InChI=1S/C14H17N5OS2.C2HF3O2/c20-12(16-11-4-2-1-3-5-11)10-21-14-18-17-13(22-14)19-8-6-15-7-9-19;3-2(4,5)1(6)7/h1-5,15H,6-10H2,(H,16,20);(H,6,7). The SMILES string of the molecule is O=C(CSc1nnc(N2CCNCC2)s1)Nc1ccccc1.O=C(O)C(F)(F)F. The van der Waals surface area contributed by atoms with Gasteiger partial charge in [-0.3, -0.25) is 4.79 Å². The van der Waals surface area contributed by atoms with Crippen molar-refractivity contribution < 1.29 is 27.9 Å². The molecule has 0 bridgehead atoms. The van der Waals surface area contributed by atoms with Gasteiger partial charge in [0.25, 0.3) is 0 Å². The third-order valence-corrected chi connectivity index (χ3v) is 5.53. The molecular formula is C16H18F3N5O3S2. The van der Waals surface area contributed by atoms with E-state index in [2.05, 4.69) is 25.7 Å². The van der Waals surface area contributed by atoms with E-state index in [9.17, 15) is 18.0 Å². The summed E-state index contributed by atoms with van der Waals surface area (Å²) in [5, 5.41) is 22.6. The lowest BCUT2D eigenvalue weighted by molar-refractivity contribution is -0.192. The minimum Gasteiger partial charge on any atom is -0.475 e. The Bertz CT molecular complexity index is 799. The van der Waals surface area contributed by atoms with Gasteiger partial charge in [-0.1, -0.05) is 41.3 Å². The highest BCUT2D eigenvalue weighted by atomic mass is 32.2. The topological polar surface area (TPSA) is 107 Å². The number of rotatable bonds is 5. The number of carbonyl (C=O) groups is 2. The smallest absolute Gasteiger partial charge is 0.475 e. The number of amides is 1. The molecule has 0 unspecified atom stereocenters. The predicted octanol–water partition coefficient (Wildman–Crippen LogP) is 2.31. The van der Waals surface area contributed by atoms with Crippen molar-refractivity contribution in [1.82, 2.24) is 15.5 Å². The van der Waals surface area contributed by atoms with Crippen LogP contribution in [0.1, 0.15) is 0 Å². The fourth-order valence-corrected chi connectivity index (χ4v) is 3.78. The molecule has 1 fully saturated rings. The summed E-state index contributed by atoms with van der Waals surface area (Å²) in [6.07, 6.45) is -5.08. The summed E-state index contributed by atoms with van der Waals surface area (Å²) in [7, 11) is 0. The van der Waals surface area contributed by atoms with E-state index in [-0.39, 0.29) is 5.91 Å². The summed E-state index contributed by atoms with van der Waals surface area (Å²) in [6, 6.07) is 9.45. The Morgan fingerprint density at radius 2 is 1.83 bits per heavy atom. The Kier molecular flexibility index (Phi) is 8.67. The van der Waals surface area contributed by atoms with Crippen molar-refractivity contribution in [2.75, 3.05) is 42.1 Å². The molecule has 0 saturated carbocycles. The zero-order valence-electron chi connectivity index (χ0n) is 15.0. The van der Waals surface area contributed by atoms with E-state index in [1.807, 2.05) is 30.3 Å². The molecule has 2 aromatic rings. The van der Waals surface area contributed by atoms with Crippen molar-refractivity contribution >= 4 is 45.8 Å². The number of thioether (sulfide) groups is 1. The van der Waals surface area contributed by atoms with Gasteiger partial charge in [0.2, 0.25) is 11.0 Å². The second-order valence-electron chi connectivity index (χ2n) is 5.59. The number of nitrogens with one attached hydrogen (secondary N) is 2. The molecule has 158 valence electrons. The van der Waals surface area contributed by atoms with Gasteiger partial charge < -0.3 is 20.6 Å². The third kappa shape index (κ3) is 8.25. The molecule has 1 saturated heterocycles. The fourth-order valence-electron chi connectivity index (χ4n) is 2.09. The van der Waals surface area contributed by atoms with Crippen LogP contribution in [0.5, 0.6) is 0 Å². The van der Waals surface area contributed by atoms with Gasteiger partial charge in [0.1, 0.15) is 0 Å². The normalized spacial score (nSPS) is 14.0. The van der Waals surface area contributed by atoms with Gasteiger partial charge in [-0.05, 0) is 12.1 Å². The van der Waals surface area contributed by atoms with Crippen LogP contribution in [0, 0.1) is 0 Å². The maximum absolute atomic E-state index is 11.9. The van der Waals surface area contributed by atoms with Gasteiger partial charge in [0.05, 0.1) is 5.75 Å². The lowest BCUT2D eigenvalue weighted by Gasteiger charge is -2.26. The number of benzene rings is 1. The Hall–Kier alpha value is -2.38. The third-order valence-electron chi connectivity index (χ3n) is 3.41. The number of para-hydroxylation sites is 1. The molecule has 1 aromatic carbocycles. The van der Waals surface area contributed by atoms with Gasteiger partial charge in [0.15, 0.2) is 4.34 Å². The van der Waals surface area contributed by atoms with Crippen LogP contribution in [-0.4, -0.2) is 65.3 Å². The van der Waals surface area contributed by atoms with Crippen molar-refractivity contribution in [2.45, 2.75) is 10.5 Å². The second kappa shape index (κ2) is 11.0. The minimum atomic E-state index is -5.08. The lowest BCUT2D eigenvalue weighted by Crippen LogP contribution is -2.43. The van der Waals surface area contributed by atoms with E-state index in [1.165, 1.54) is 11.8 Å². The number of carbonyl (C=O) groups excluding carboxylic acids is 1. The quantitative estimate of drug-likeness (QED) is 0.597. The van der Waals surface area contributed by atoms with Crippen LogP contribution in [0.4, 0.5) is 24.0 Å². The van der Waals surface area contributed by atoms with Crippen molar-refractivity contribution in [1.29, 1.82) is 0 Å². The number of carboxylic acids is 1. The zero-order chi connectivity index (χ0) is 21.3. The molecule has 0 aliphatic carbocycles. The number of carboxylic acid groups (broad SMARTS) is 1. The summed E-state index contributed by atoms with van der Waals surface area (Å²) in [5.74, 6) is -2.45. The van der Waals surface area contributed by atoms with Crippen molar-refractivity contribution in [2.24, 2.45) is 0 Å². The molecule has 13 heteroatoms. The summed E-state index contributed by atoms with van der Waals surface area (Å²) in [4.78, 5) is 23.0. The Morgan fingerprint density at radius 3 is 2.41 bits per heavy atom. The van der Waals surface area contributed by atoms with Crippen LogP contribution in [0.15, 0.2) is 34.7 Å². The fraction of sp³-hybridized carbons (Fsp3) is 0.375. The lowest BCUT2D eigenvalue weighted by atomic mass is 10.3. The molecule has 3 N–H and O–H groups in total. The largest absolute Gasteiger partial charge is 0.490 e. The van der Waals surface area contributed by atoms with Crippen molar-refractivity contribution in [3.8, 4) is 0 Å². The Balaban J connectivity index is 0.000000370. The number of hydrogen-bond acceptors (Lipinski definition) is 8. The molecule has 8 nitrogen and oxygen atoms in total. The van der Waals surface area contributed by atoms with E-state index < -0.39 is 12.1 Å². The maximum atomic E-state index is 11.9. The summed E-state index contributed by atoms with van der Waals surface area (Å²) >= 11 is 2.97. The highest BCUT2D eigenvalue weighted by molar-refractivity contribution is 8.01. The van der Waals surface area contributed by atoms with E-state index in [4.69, 9.17) is 9.90 Å². The average Bonchev–Trinajstić information content (AvgIpc) is 3.17. The van der Waals surface area contributed by atoms with Crippen molar-refractivity contribution in [3.05, 3.63) is 30.3 Å². The monoisotopic (exact) mass is 449 g/mol. The average molecular weight is 449 g/mol. The summed E-state index contributed by atoms with van der Waals surface area (Å²) in [5.41, 5.74) is 0.812. The predicted molar refractivity (Wildman–Crippen MR) is 104 cm³/mol. The molecule has 1 amide bonds. The molecule has 0 atom stereocenters. The van der Waals surface area contributed by atoms with Crippen LogP contribution in [0.3, 0.4) is 0 Å². The number of aliphatic carboxylic acids is 1. The van der Waals surface area contributed by atoms with Gasteiger partial charge in [-0.15, -0.1) is 10.2 Å². The first-order chi connectivity index (χ1) is 13.8. The number of hydrogen-bond donors (Lipinski definition) is 3. The number of halogens is 3. The van der Waals surface area contributed by atoms with E-state index in [1.54, 1.807) is 11.3 Å². The zero-order valence-corrected chi connectivity index (χ0v) is 16.6. The molecule has 1 aliphatic rings. The Morgan fingerprint density at radius 1 is 1.21 bits per heavy atom. The molecule has 2 heterocycles. The van der Waals surface area contributed by atoms with Crippen molar-refractivity contribution in [3.63, 3.8) is 0 Å². The first-order valence-corrected chi connectivity index (χ1v) is 10.1. The molecule has 0 radical (unpaired) electrons. The van der Waals surface area contributed by atoms with E-state index >= 15 is 0 Å². The second-order valence-corrected chi connectivity index (χ2v) is 7.77. The van der Waals surface area contributed by atoms with E-state index in [0.717, 1.165) is 41.3 Å². The molecule has 29 heavy (non-hydrogen) atoms. The maximum Gasteiger partial charge on any atom is 0.490 e. The van der Waals surface area contributed by atoms with Gasteiger partial charge >= 0.3 is 12.1 Å². The number of anilines is 2. The van der Waals surface area contributed by atoms with Crippen LogP contribution in [0.2, 0.25) is 0 Å². The first kappa shape index (κ1) is 22.9. The molecule has 1 aromatic heterocycles. The van der Waals surface area contributed by atoms with Crippen LogP contribution in [0.25, 0.3) is 0 Å². The number of alkyl halides is 3. The van der Waals surface area contributed by atoms with E-state index in [0.29, 0.717) is 5.75 Å². The highest BCUT2D eigenvalue weighted by Gasteiger charge is 2.38. The number of aromatic nitrogens is 2. The first-order valence-electron chi connectivity index (χ1n) is 8.32.